The second-order valence-corrected chi connectivity index (χ2v) is 8.29. The van der Waals surface area contributed by atoms with Gasteiger partial charge in [-0.2, -0.15) is 0 Å². The van der Waals surface area contributed by atoms with E-state index in [4.69, 9.17) is 4.99 Å². The van der Waals surface area contributed by atoms with E-state index in [1.807, 2.05) is 11.3 Å². The van der Waals surface area contributed by atoms with Gasteiger partial charge < -0.3 is 15.5 Å². The fourth-order valence-corrected chi connectivity index (χ4v) is 3.51. The van der Waals surface area contributed by atoms with E-state index >= 15 is 0 Å². The van der Waals surface area contributed by atoms with E-state index < -0.39 is 0 Å². The zero-order valence-corrected chi connectivity index (χ0v) is 16.5. The minimum Gasteiger partial charge on any atom is -0.357 e. The maximum atomic E-state index is 4.79. The lowest BCUT2D eigenvalue weighted by Crippen LogP contribution is -2.52. The molecule has 1 fully saturated rings. The van der Waals surface area contributed by atoms with Crippen LogP contribution in [0.4, 0.5) is 0 Å². The molecule has 0 atom stereocenters. The molecular weight excluding hydrogens is 318 g/mol. The molecule has 1 aliphatic heterocycles. The first-order chi connectivity index (χ1) is 11.5. The molecule has 0 aromatic carbocycles. The molecule has 0 radical (unpaired) electrons. The highest BCUT2D eigenvalue weighted by Gasteiger charge is 2.19. The maximum Gasteiger partial charge on any atom is 0.194 e. The van der Waals surface area contributed by atoms with Crippen LogP contribution in [-0.4, -0.2) is 67.1 Å². The zero-order chi connectivity index (χ0) is 17.4. The standard InChI is InChI=1S/C18H33N5S/c1-5-19-17(20-8-9-21-18(2,3)4)23-12-10-22(11-13-23)15-16-7-6-14-24-16/h6-7,14,21H,5,8-13,15H2,1-4H3,(H,19,20). The molecule has 6 heteroatoms. The van der Waals surface area contributed by atoms with Crippen LogP contribution in [-0.2, 0) is 6.54 Å². The molecule has 1 aromatic heterocycles. The Morgan fingerprint density at radius 3 is 2.58 bits per heavy atom. The fourth-order valence-electron chi connectivity index (χ4n) is 2.76. The number of nitrogens with one attached hydrogen (secondary N) is 2. The minimum absolute atomic E-state index is 0.154. The first-order valence-electron chi connectivity index (χ1n) is 9.01. The monoisotopic (exact) mass is 351 g/mol. The van der Waals surface area contributed by atoms with E-state index in [-0.39, 0.29) is 5.54 Å². The Morgan fingerprint density at radius 1 is 1.25 bits per heavy atom. The summed E-state index contributed by atoms with van der Waals surface area (Å²) in [6.07, 6.45) is 0. The van der Waals surface area contributed by atoms with Crippen LogP contribution in [0.2, 0.25) is 0 Å². The van der Waals surface area contributed by atoms with E-state index in [2.05, 4.69) is 65.6 Å². The van der Waals surface area contributed by atoms with Gasteiger partial charge in [-0.05, 0) is 39.1 Å². The molecule has 1 aromatic rings. The van der Waals surface area contributed by atoms with Gasteiger partial charge >= 0.3 is 0 Å². The Bertz CT molecular complexity index is 484. The summed E-state index contributed by atoms with van der Waals surface area (Å²) in [6.45, 7) is 16.7. The molecule has 1 saturated heterocycles. The quantitative estimate of drug-likeness (QED) is 0.469. The molecule has 2 heterocycles. The third-order valence-corrected chi connectivity index (χ3v) is 4.86. The third kappa shape index (κ3) is 6.79. The van der Waals surface area contributed by atoms with Crippen molar-refractivity contribution in [2.24, 2.45) is 4.99 Å². The average Bonchev–Trinajstić information content (AvgIpc) is 3.03. The summed E-state index contributed by atoms with van der Waals surface area (Å²) < 4.78 is 0. The molecule has 24 heavy (non-hydrogen) atoms. The van der Waals surface area contributed by atoms with Crippen LogP contribution in [0.5, 0.6) is 0 Å². The Morgan fingerprint density at radius 2 is 2.00 bits per heavy atom. The smallest absolute Gasteiger partial charge is 0.194 e. The largest absolute Gasteiger partial charge is 0.357 e. The number of aliphatic imine (C=N–C) groups is 1. The van der Waals surface area contributed by atoms with Crippen molar-refractivity contribution in [1.29, 1.82) is 0 Å². The third-order valence-electron chi connectivity index (χ3n) is 3.99. The van der Waals surface area contributed by atoms with Gasteiger partial charge in [-0.25, -0.2) is 0 Å². The first-order valence-corrected chi connectivity index (χ1v) is 9.89. The van der Waals surface area contributed by atoms with Crippen LogP contribution in [0.15, 0.2) is 22.5 Å². The summed E-state index contributed by atoms with van der Waals surface area (Å²) >= 11 is 1.85. The summed E-state index contributed by atoms with van der Waals surface area (Å²) in [5, 5.41) is 9.10. The van der Waals surface area contributed by atoms with E-state index in [1.54, 1.807) is 0 Å². The molecule has 0 saturated carbocycles. The summed E-state index contributed by atoms with van der Waals surface area (Å²) in [7, 11) is 0. The van der Waals surface area contributed by atoms with E-state index in [1.165, 1.54) is 4.88 Å². The number of nitrogens with zero attached hydrogens (tertiary/aromatic N) is 3. The van der Waals surface area contributed by atoms with Crippen molar-refractivity contribution < 1.29 is 0 Å². The lowest BCUT2D eigenvalue weighted by atomic mass is 10.1. The summed E-state index contributed by atoms with van der Waals surface area (Å²) in [4.78, 5) is 11.2. The number of hydrogen-bond acceptors (Lipinski definition) is 4. The molecule has 0 aliphatic carbocycles. The van der Waals surface area contributed by atoms with Gasteiger partial charge in [0.2, 0.25) is 0 Å². The Balaban J connectivity index is 1.79. The summed E-state index contributed by atoms with van der Waals surface area (Å²) in [5.41, 5.74) is 0.154. The molecule has 5 nitrogen and oxygen atoms in total. The number of guanidine groups is 1. The number of hydrogen-bond donors (Lipinski definition) is 2. The Hall–Kier alpha value is -1.11. The van der Waals surface area contributed by atoms with Crippen LogP contribution in [0.1, 0.15) is 32.6 Å². The number of thiophene rings is 1. The van der Waals surface area contributed by atoms with Crippen molar-refractivity contribution in [2.45, 2.75) is 39.8 Å². The lowest BCUT2D eigenvalue weighted by Gasteiger charge is -2.36. The van der Waals surface area contributed by atoms with Crippen LogP contribution in [0.3, 0.4) is 0 Å². The molecule has 0 spiro atoms. The highest BCUT2D eigenvalue weighted by molar-refractivity contribution is 7.09. The fraction of sp³-hybridized carbons (Fsp3) is 0.722. The van der Waals surface area contributed by atoms with Crippen molar-refractivity contribution in [3.8, 4) is 0 Å². The first kappa shape index (κ1) is 19.2. The van der Waals surface area contributed by atoms with E-state index in [0.29, 0.717) is 0 Å². The molecule has 0 amide bonds. The van der Waals surface area contributed by atoms with Gasteiger partial charge in [-0.15, -0.1) is 11.3 Å². The van der Waals surface area contributed by atoms with Gasteiger partial charge in [0.1, 0.15) is 0 Å². The Kier molecular flexibility index (Phi) is 7.52. The Labute approximate surface area is 151 Å². The molecular formula is C18H33N5S. The van der Waals surface area contributed by atoms with Crippen LogP contribution in [0.25, 0.3) is 0 Å². The van der Waals surface area contributed by atoms with Gasteiger partial charge in [0.05, 0.1) is 6.54 Å². The van der Waals surface area contributed by atoms with E-state index in [9.17, 15) is 0 Å². The van der Waals surface area contributed by atoms with Gasteiger partial charge in [0.25, 0.3) is 0 Å². The second kappa shape index (κ2) is 9.39. The number of piperazine rings is 1. The van der Waals surface area contributed by atoms with Crippen molar-refractivity contribution in [3.05, 3.63) is 22.4 Å². The second-order valence-electron chi connectivity index (χ2n) is 7.25. The molecule has 1 aliphatic rings. The van der Waals surface area contributed by atoms with Gasteiger partial charge in [-0.1, -0.05) is 6.07 Å². The zero-order valence-electron chi connectivity index (χ0n) is 15.6. The normalized spacial score (nSPS) is 17.3. The molecule has 0 bridgehead atoms. The summed E-state index contributed by atoms with van der Waals surface area (Å²) in [6, 6.07) is 4.36. The number of rotatable bonds is 6. The SMILES string of the molecule is CCNC(=NCCNC(C)(C)C)N1CCN(Cc2cccs2)CC1. The van der Waals surface area contributed by atoms with Crippen LogP contribution < -0.4 is 10.6 Å². The molecule has 136 valence electrons. The van der Waals surface area contributed by atoms with Crippen molar-refractivity contribution >= 4 is 17.3 Å². The van der Waals surface area contributed by atoms with Crippen LogP contribution in [0, 0.1) is 0 Å². The lowest BCUT2D eigenvalue weighted by molar-refractivity contribution is 0.173. The molecule has 2 rings (SSSR count). The highest BCUT2D eigenvalue weighted by atomic mass is 32.1. The van der Waals surface area contributed by atoms with Gasteiger partial charge in [0, 0.05) is 56.2 Å². The van der Waals surface area contributed by atoms with E-state index in [0.717, 1.165) is 58.3 Å². The van der Waals surface area contributed by atoms with Gasteiger partial charge in [-0.3, -0.25) is 9.89 Å². The summed E-state index contributed by atoms with van der Waals surface area (Å²) in [5.74, 6) is 1.06. The predicted octanol–water partition coefficient (Wildman–Crippen LogP) is 2.22. The van der Waals surface area contributed by atoms with Crippen molar-refractivity contribution in [1.82, 2.24) is 20.4 Å². The van der Waals surface area contributed by atoms with Crippen molar-refractivity contribution in [2.75, 3.05) is 45.8 Å². The average molecular weight is 352 g/mol. The topological polar surface area (TPSA) is 42.9 Å². The van der Waals surface area contributed by atoms with Crippen molar-refractivity contribution in [3.63, 3.8) is 0 Å². The molecule has 0 unspecified atom stereocenters. The highest BCUT2D eigenvalue weighted by Crippen LogP contribution is 2.13. The predicted molar refractivity (Wildman–Crippen MR) is 105 cm³/mol. The van der Waals surface area contributed by atoms with Gasteiger partial charge in [0.15, 0.2) is 5.96 Å². The maximum absolute atomic E-state index is 4.79. The minimum atomic E-state index is 0.154. The molecule has 2 N–H and O–H groups in total. The van der Waals surface area contributed by atoms with Crippen LogP contribution >= 0.6 is 11.3 Å².